The maximum Gasteiger partial charge on any atom is 0.335 e. The smallest absolute Gasteiger partial charge is 0.335 e. The van der Waals surface area contributed by atoms with Crippen molar-refractivity contribution in [2.24, 2.45) is 5.29 Å². The van der Waals surface area contributed by atoms with Crippen molar-refractivity contribution in [2.75, 3.05) is 5.43 Å². The molecule has 0 aliphatic carbocycles. The highest BCUT2D eigenvalue weighted by Crippen LogP contribution is 2.17. The number of carboxylic acids is 1. The standard InChI is InChI=1S/C10H12N2O3/c1-2-3-7-6-8(11-12-15)4-5-9(7)10(13)14/h4-6H,2-3H2,1H3,(H,11,15)(H,13,14). The van der Waals surface area contributed by atoms with Gasteiger partial charge < -0.3 is 5.11 Å². The van der Waals surface area contributed by atoms with Crippen LogP contribution in [0.5, 0.6) is 0 Å². The number of anilines is 1. The minimum Gasteiger partial charge on any atom is -0.478 e. The summed E-state index contributed by atoms with van der Waals surface area (Å²) < 4.78 is 0. The molecule has 0 spiro atoms. The minimum absolute atomic E-state index is 0.272. The quantitative estimate of drug-likeness (QED) is 0.575. The Balaban J connectivity index is 3.08. The Morgan fingerprint density at radius 2 is 2.27 bits per heavy atom. The third-order valence-corrected chi connectivity index (χ3v) is 2.03. The van der Waals surface area contributed by atoms with Gasteiger partial charge in [-0.1, -0.05) is 13.3 Å². The highest BCUT2D eigenvalue weighted by Gasteiger charge is 2.09. The fourth-order valence-electron chi connectivity index (χ4n) is 1.40. The lowest BCUT2D eigenvalue weighted by molar-refractivity contribution is 0.0695. The van der Waals surface area contributed by atoms with Gasteiger partial charge in [-0.3, -0.25) is 0 Å². The number of carbonyl (C=O) groups is 1. The van der Waals surface area contributed by atoms with Crippen LogP contribution in [0.3, 0.4) is 0 Å². The molecule has 2 N–H and O–H groups in total. The molecule has 0 aliphatic heterocycles. The van der Waals surface area contributed by atoms with Crippen molar-refractivity contribution >= 4 is 11.7 Å². The maximum absolute atomic E-state index is 10.9. The van der Waals surface area contributed by atoms with Crippen molar-refractivity contribution in [2.45, 2.75) is 19.8 Å². The van der Waals surface area contributed by atoms with Gasteiger partial charge in [0, 0.05) is 0 Å². The van der Waals surface area contributed by atoms with E-state index in [0.29, 0.717) is 17.7 Å². The van der Waals surface area contributed by atoms with Crippen molar-refractivity contribution in [3.63, 3.8) is 0 Å². The van der Waals surface area contributed by atoms with Gasteiger partial charge in [-0.15, -0.1) is 4.91 Å². The Hall–Kier alpha value is -1.91. The zero-order valence-electron chi connectivity index (χ0n) is 8.36. The third kappa shape index (κ3) is 2.77. The van der Waals surface area contributed by atoms with Crippen LogP contribution in [0.25, 0.3) is 0 Å². The molecule has 80 valence electrons. The number of carboxylic acid groups (broad SMARTS) is 1. The SMILES string of the molecule is CCCc1cc(NN=O)ccc1C(=O)O. The van der Waals surface area contributed by atoms with Crippen LogP contribution in [-0.2, 0) is 6.42 Å². The first kappa shape index (κ1) is 11.2. The van der Waals surface area contributed by atoms with Gasteiger partial charge in [0.1, 0.15) is 0 Å². The van der Waals surface area contributed by atoms with Crippen molar-refractivity contribution in [1.29, 1.82) is 0 Å². The molecule has 0 atom stereocenters. The second kappa shape index (κ2) is 5.09. The topological polar surface area (TPSA) is 78.8 Å². The number of nitroso groups, excluding NO2 is 1. The predicted octanol–water partition coefficient (Wildman–Crippen LogP) is 2.43. The van der Waals surface area contributed by atoms with Gasteiger partial charge >= 0.3 is 5.97 Å². The first-order chi connectivity index (χ1) is 7.19. The summed E-state index contributed by atoms with van der Waals surface area (Å²) in [6, 6.07) is 4.62. The van der Waals surface area contributed by atoms with E-state index in [0.717, 1.165) is 6.42 Å². The lowest BCUT2D eigenvalue weighted by Gasteiger charge is -2.06. The van der Waals surface area contributed by atoms with Crippen LogP contribution < -0.4 is 5.43 Å². The Morgan fingerprint density at radius 1 is 1.53 bits per heavy atom. The van der Waals surface area contributed by atoms with Crippen molar-refractivity contribution in [1.82, 2.24) is 0 Å². The van der Waals surface area contributed by atoms with E-state index in [1.54, 1.807) is 6.07 Å². The maximum atomic E-state index is 10.9. The second-order valence-corrected chi connectivity index (χ2v) is 3.13. The summed E-state index contributed by atoms with van der Waals surface area (Å²) >= 11 is 0. The lowest BCUT2D eigenvalue weighted by atomic mass is 10.0. The van der Waals surface area contributed by atoms with Crippen LogP contribution in [-0.4, -0.2) is 11.1 Å². The zero-order chi connectivity index (χ0) is 11.3. The normalized spacial score (nSPS) is 9.67. The van der Waals surface area contributed by atoms with Crippen LogP contribution in [0.1, 0.15) is 29.3 Å². The summed E-state index contributed by atoms with van der Waals surface area (Å²) in [5, 5.41) is 11.4. The molecule has 0 heterocycles. The van der Waals surface area contributed by atoms with Crippen LogP contribution in [0.15, 0.2) is 23.5 Å². The molecule has 0 unspecified atom stereocenters. The molecule has 0 saturated heterocycles. The average Bonchev–Trinajstić information content (AvgIpc) is 2.18. The Kier molecular flexibility index (Phi) is 3.79. The van der Waals surface area contributed by atoms with Crippen LogP contribution >= 0.6 is 0 Å². The van der Waals surface area contributed by atoms with Gasteiger partial charge in [0.15, 0.2) is 0 Å². The number of hydrogen-bond donors (Lipinski definition) is 2. The molecule has 0 amide bonds. The molecule has 0 aliphatic rings. The number of benzene rings is 1. The van der Waals surface area contributed by atoms with Gasteiger partial charge in [-0.05, 0) is 30.2 Å². The van der Waals surface area contributed by atoms with Gasteiger partial charge in [-0.25, -0.2) is 10.2 Å². The van der Waals surface area contributed by atoms with Crippen molar-refractivity contribution in [3.05, 3.63) is 34.2 Å². The van der Waals surface area contributed by atoms with E-state index in [9.17, 15) is 9.70 Å². The van der Waals surface area contributed by atoms with E-state index >= 15 is 0 Å². The number of aromatic carboxylic acids is 1. The molecule has 5 nitrogen and oxygen atoms in total. The first-order valence-electron chi connectivity index (χ1n) is 4.63. The molecule has 0 saturated carbocycles. The largest absolute Gasteiger partial charge is 0.478 e. The van der Waals surface area contributed by atoms with Crippen molar-refractivity contribution < 1.29 is 9.90 Å². The Morgan fingerprint density at radius 3 is 2.80 bits per heavy atom. The molecule has 1 aromatic rings. The molecule has 1 aromatic carbocycles. The Labute approximate surface area is 87.1 Å². The second-order valence-electron chi connectivity index (χ2n) is 3.13. The van der Waals surface area contributed by atoms with Gasteiger partial charge in [0.05, 0.1) is 16.5 Å². The van der Waals surface area contributed by atoms with E-state index in [2.05, 4.69) is 10.7 Å². The number of hydrogen-bond acceptors (Lipinski definition) is 3. The summed E-state index contributed by atoms with van der Waals surface area (Å²) in [7, 11) is 0. The average molecular weight is 208 g/mol. The van der Waals surface area contributed by atoms with E-state index in [4.69, 9.17) is 5.11 Å². The van der Waals surface area contributed by atoms with Gasteiger partial charge in [0.2, 0.25) is 0 Å². The van der Waals surface area contributed by atoms with Crippen molar-refractivity contribution in [3.8, 4) is 0 Å². The minimum atomic E-state index is -0.955. The summed E-state index contributed by atoms with van der Waals surface area (Å²) in [6.45, 7) is 1.96. The molecule has 0 aromatic heterocycles. The molecule has 0 bridgehead atoms. The molecule has 1 rings (SSSR count). The fourth-order valence-corrected chi connectivity index (χ4v) is 1.40. The van der Waals surface area contributed by atoms with E-state index in [-0.39, 0.29) is 5.56 Å². The summed E-state index contributed by atoms with van der Waals surface area (Å²) in [5.74, 6) is -0.955. The molecule has 15 heavy (non-hydrogen) atoms. The predicted molar refractivity (Wildman–Crippen MR) is 56.8 cm³/mol. The molecule has 5 heteroatoms. The molecule has 0 radical (unpaired) electrons. The number of nitrogens with zero attached hydrogens (tertiary/aromatic N) is 1. The Bertz CT molecular complexity index is 377. The highest BCUT2D eigenvalue weighted by atomic mass is 16.4. The summed E-state index contributed by atoms with van der Waals surface area (Å²) in [4.78, 5) is 20.8. The van der Waals surface area contributed by atoms with E-state index in [1.165, 1.54) is 12.1 Å². The number of nitrogens with one attached hydrogen (secondary N) is 1. The summed E-state index contributed by atoms with van der Waals surface area (Å²) in [6.07, 6.45) is 1.51. The first-order valence-corrected chi connectivity index (χ1v) is 4.63. The van der Waals surface area contributed by atoms with Gasteiger partial charge in [-0.2, -0.15) is 0 Å². The highest BCUT2D eigenvalue weighted by molar-refractivity contribution is 5.90. The van der Waals surface area contributed by atoms with Gasteiger partial charge in [0.25, 0.3) is 0 Å². The fraction of sp³-hybridized carbons (Fsp3) is 0.300. The number of rotatable bonds is 5. The number of aryl methyl sites for hydroxylation is 1. The molecule has 0 fully saturated rings. The monoisotopic (exact) mass is 208 g/mol. The van der Waals surface area contributed by atoms with Crippen LogP contribution in [0.4, 0.5) is 5.69 Å². The van der Waals surface area contributed by atoms with E-state index < -0.39 is 5.97 Å². The van der Waals surface area contributed by atoms with Crippen LogP contribution in [0.2, 0.25) is 0 Å². The summed E-state index contributed by atoms with van der Waals surface area (Å²) in [5.41, 5.74) is 3.74. The lowest BCUT2D eigenvalue weighted by Crippen LogP contribution is -2.03. The van der Waals surface area contributed by atoms with E-state index in [1.807, 2.05) is 6.92 Å². The van der Waals surface area contributed by atoms with Crippen LogP contribution in [0, 0.1) is 4.91 Å². The zero-order valence-corrected chi connectivity index (χ0v) is 8.36. The molecular weight excluding hydrogens is 196 g/mol. The molecular formula is C10H12N2O3. The third-order valence-electron chi connectivity index (χ3n) is 2.03.